The second-order valence-corrected chi connectivity index (χ2v) is 17.0. The first-order valence-corrected chi connectivity index (χ1v) is 21.1. The Morgan fingerprint density at radius 2 is 1.67 bits per heavy atom. The van der Waals surface area contributed by atoms with Gasteiger partial charge in [0.1, 0.15) is 11.9 Å². The predicted octanol–water partition coefficient (Wildman–Crippen LogP) is 2.30. The quantitative estimate of drug-likeness (QED) is 0.251. The van der Waals surface area contributed by atoms with E-state index >= 15 is 4.39 Å². The maximum atomic E-state index is 15.8. The first kappa shape index (κ1) is 40.2. The number of hydrogen-bond acceptors (Lipinski definition) is 13. The van der Waals surface area contributed by atoms with Gasteiger partial charge in [-0.3, -0.25) is 34.2 Å². The van der Waals surface area contributed by atoms with Gasteiger partial charge in [0.25, 0.3) is 17.7 Å². The second-order valence-electron chi connectivity index (χ2n) is 17.0. The minimum Gasteiger partial charge on any atom is -0.371 e. The Labute approximate surface area is 351 Å². The molecule has 5 saturated heterocycles. The molecule has 7 amide bonds. The zero-order valence-electron chi connectivity index (χ0n) is 34.0. The fourth-order valence-electron chi connectivity index (χ4n) is 9.84. The number of likely N-dealkylation sites (N-methyl/N-ethyl adjacent to an activating group) is 1. The van der Waals surface area contributed by atoms with Crippen LogP contribution in [0, 0.1) is 11.7 Å². The highest BCUT2D eigenvalue weighted by atomic mass is 19.1. The van der Waals surface area contributed by atoms with E-state index in [0.717, 1.165) is 75.4 Å². The van der Waals surface area contributed by atoms with Crippen molar-refractivity contribution in [2.75, 3.05) is 81.1 Å². The monoisotopic (exact) mass is 836 g/mol. The molecule has 0 bridgehead atoms. The van der Waals surface area contributed by atoms with Crippen LogP contribution in [0.2, 0.25) is 0 Å². The minimum absolute atomic E-state index is 0.00205. The van der Waals surface area contributed by atoms with Crippen molar-refractivity contribution in [1.82, 2.24) is 40.1 Å². The third-order valence-corrected chi connectivity index (χ3v) is 13.2. The maximum absolute atomic E-state index is 15.8. The lowest BCUT2D eigenvalue weighted by molar-refractivity contribution is -0.136. The molecule has 0 aliphatic carbocycles. The number of benzene rings is 2. The molecule has 3 atom stereocenters. The summed E-state index contributed by atoms with van der Waals surface area (Å²) >= 11 is 0. The lowest BCUT2D eigenvalue weighted by atomic mass is 9.88. The van der Waals surface area contributed by atoms with Crippen LogP contribution in [-0.4, -0.2) is 148 Å². The number of rotatable bonds is 10. The summed E-state index contributed by atoms with van der Waals surface area (Å²) in [6.45, 7) is 6.65. The molecule has 6 aliphatic heterocycles. The Kier molecular flexibility index (Phi) is 10.7. The van der Waals surface area contributed by atoms with Gasteiger partial charge in [0.05, 0.1) is 17.2 Å². The zero-order chi connectivity index (χ0) is 42.5. The number of anilines is 4. The lowest BCUT2D eigenvalue weighted by Crippen LogP contribution is -2.54. The minimum atomic E-state index is -1.00. The Bertz CT molecular complexity index is 2300. The van der Waals surface area contributed by atoms with Crippen molar-refractivity contribution in [1.29, 1.82) is 0 Å². The zero-order valence-corrected chi connectivity index (χ0v) is 34.0. The highest BCUT2D eigenvalue weighted by Crippen LogP contribution is 2.35. The average Bonchev–Trinajstić information content (AvgIpc) is 3.93. The number of nitrogens with zero attached hydrogens (tertiary/aromatic N) is 9. The third-order valence-electron chi connectivity index (χ3n) is 13.2. The summed E-state index contributed by atoms with van der Waals surface area (Å²) in [6.07, 6.45) is 4.43. The summed E-state index contributed by atoms with van der Waals surface area (Å²) in [5.41, 5.74) is 7.89. The summed E-state index contributed by atoms with van der Waals surface area (Å²) in [7, 11) is 1.79. The summed E-state index contributed by atoms with van der Waals surface area (Å²) in [6, 6.07) is 9.21. The van der Waals surface area contributed by atoms with Crippen LogP contribution in [0.5, 0.6) is 0 Å². The van der Waals surface area contributed by atoms with Gasteiger partial charge in [0.2, 0.25) is 17.8 Å². The van der Waals surface area contributed by atoms with Crippen molar-refractivity contribution < 1.29 is 33.2 Å². The van der Waals surface area contributed by atoms with Crippen LogP contribution in [0.15, 0.2) is 36.4 Å². The van der Waals surface area contributed by atoms with Gasteiger partial charge in [-0.25, -0.2) is 9.18 Å². The van der Waals surface area contributed by atoms with Gasteiger partial charge < -0.3 is 35.6 Å². The number of carbonyl (C=O) groups excluding carboxylic acids is 6. The van der Waals surface area contributed by atoms with E-state index in [1.807, 2.05) is 15.9 Å². The number of aromatic nitrogens is 3. The molecule has 5 fully saturated rings. The highest BCUT2D eigenvalue weighted by molar-refractivity contribution is 6.23. The Morgan fingerprint density at radius 1 is 0.869 bits per heavy atom. The van der Waals surface area contributed by atoms with Gasteiger partial charge in [-0.1, -0.05) is 6.07 Å². The second kappa shape index (κ2) is 16.3. The first-order chi connectivity index (χ1) is 29.4. The number of amides is 7. The molecule has 0 radical (unpaired) electrons. The topological polar surface area (TPSA) is 211 Å². The van der Waals surface area contributed by atoms with Crippen molar-refractivity contribution in [2.45, 2.75) is 62.9 Å². The van der Waals surface area contributed by atoms with Crippen LogP contribution in [0.4, 0.5) is 32.3 Å². The molecule has 19 heteroatoms. The maximum Gasteiger partial charge on any atom is 0.320 e. The van der Waals surface area contributed by atoms with Crippen LogP contribution in [0.1, 0.15) is 87.6 Å². The van der Waals surface area contributed by atoms with E-state index in [0.29, 0.717) is 49.3 Å². The van der Waals surface area contributed by atoms with Crippen LogP contribution in [-0.2, 0) is 9.59 Å². The SMILES string of the molecule is CN1CCN([C@@H]2CCCN(c3nnc(C(N)=O)c(Nc4ccc(C5CCN(CC6CCN(c7ccc8c(c7)C(=O)N(C7CCC(=O)NC7=O)C8=O)C6)CC5)c(F)c4)n3)C2)C1=O. The Hall–Kier alpha value is -6.24. The molecule has 18 nitrogen and oxygen atoms in total. The summed E-state index contributed by atoms with van der Waals surface area (Å²) < 4.78 is 15.8. The normalized spacial score (nSPS) is 23.9. The molecule has 1 aromatic heterocycles. The van der Waals surface area contributed by atoms with Gasteiger partial charge in [0, 0.05) is 70.7 Å². The molecule has 7 heterocycles. The number of halogens is 1. The first-order valence-electron chi connectivity index (χ1n) is 21.1. The molecule has 0 saturated carbocycles. The number of nitrogens with two attached hydrogens (primary N) is 1. The Morgan fingerprint density at radius 3 is 2.41 bits per heavy atom. The molecular formula is C42H49FN12O6. The number of urea groups is 1. The smallest absolute Gasteiger partial charge is 0.320 e. The van der Waals surface area contributed by atoms with Crippen molar-refractivity contribution in [3.63, 3.8) is 0 Å². The fourth-order valence-corrected chi connectivity index (χ4v) is 9.84. The molecule has 4 N–H and O–H groups in total. The third kappa shape index (κ3) is 7.81. The molecule has 9 rings (SSSR count). The van der Waals surface area contributed by atoms with Crippen molar-refractivity contribution in [3.8, 4) is 0 Å². The van der Waals surface area contributed by atoms with Crippen LogP contribution >= 0.6 is 0 Å². The number of piperidine rings is 3. The molecule has 0 spiro atoms. The molecule has 2 aromatic carbocycles. The van der Waals surface area contributed by atoms with Gasteiger partial charge in [0.15, 0.2) is 11.5 Å². The van der Waals surface area contributed by atoms with Crippen molar-refractivity contribution in [3.05, 3.63) is 64.6 Å². The van der Waals surface area contributed by atoms with E-state index < -0.39 is 35.6 Å². The molecule has 6 aliphatic rings. The number of primary amides is 1. The van der Waals surface area contributed by atoms with E-state index in [1.54, 1.807) is 36.2 Å². The fraction of sp³-hybridized carbons (Fsp3) is 0.500. The van der Waals surface area contributed by atoms with E-state index in [-0.39, 0.29) is 59.3 Å². The Balaban J connectivity index is 0.786. The number of fused-ring (bicyclic) bond motifs is 1. The van der Waals surface area contributed by atoms with Gasteiger partial charge in [-0.15, -0.1) is 10.2 Å². The van der Waals surface area contributed by atoms with E-state index in [1.165, 1.54) is 6.07 Å². The van der Waals surface area contributed by atoms with Gasteiger partial charge in [-0.05, 0) is 99.3 Å². The standard InChI is InChI=1S/C42H49FN12O6/c1-50-17-18-54(42(50)61)28-3-2-13-53(23-28)41-47-37(35(36(44)57)48-49-41)45-26-4-6-29(32(43)19-26)25-11-14-51(15-12-25)21-24-10-16-52(22-24)27-5-7-30-31(20-27)40(60)55(39(30)59)33-8-9-34(56)46-38(33)58/h4-7,19-20,24-25,28,33H,2-3,8-18,21-23H2,1H3,(H2,44,57)(H,45,47,49)(H,46,56,58)/t24?,28-,33?/m1/s1. The number of nitrogens with one attached hydrogen (secondary N) is 2. The summed E-state index contributed by atoms with van der Waals surface area (Å²) in [5, 5.41) is 13.6. The summed E-state index contributed by atoms with van der Waals surface area (Å²) in [4.78, 5) is 91.4. The summed E-state index contributed by atoms with van der Waals surface area (Å²) in [5.74, 6) is -2.43. The van der Waals surface area contributed by atoms with E-state index in [4.69, 9.17) is 5.73 Å². The molecule has 61 heavy (non-hydrogen) atoms. The lowest BCUT2D eigenvalue weighted by Gasteiger charge is -2.37. The number of likely N-dealkylation sites (tertiary alicyclic amines) is 1. The number of carbonyl (C=O) groups is 6. The highest BCUT2D eigenvalue weighted by Gasteiger charge is 2.45. The number of hydrogen-bond donors (Lipinski definition) is 3. The van der Waals surface area contributed by atoms with Crippen LogP contribution < -0.4 is 26.2 Å². The van der Waals surface area contributed by atoms with Crippen LogP contribution in [0.3, 0.4) is 0 Å². The molecular weight excluding hydrogens is 788 g/mol. The predicted molar refractivity (Wildman–Crippen MR) is 220 cm³/mol. The average molecular weight is 837 g/mol. The van der Waals surface area contributed by atoms with Gasteiger partial charge in [-0.2, -0.15) is 4.98 Å². The van der Waals surface area contributed by atoms with Crippen molar-refractivity contribution >= 4 is 58.7 Å². The molecule has 2 unspecified atom stereocenters. The number of imide groups is 2. The van der Waals surface area contributed by atoms with Crippen molar-refractivity contribution in [2.24, 2.45) is 11.7 Å². The van der Waals surface area contributed by atoms with Gasteiger partial charge >= 0.3 is 6.03 Å². The largest absolute Gasteiger partial charge is 0.371 e. The van der Waals surface area contributed by atoms with E-state index in [2.05, 4.69) is 35.6 Å². The molecule has 3 aromatic rings. The molecule has 320 valence electrons. The van der Waals surface area contributed by atoms with E-state index in [9.17, 15) is 28.8 Å². The van der Waals surface area contributed by atoms with Crippen LogP contribution in [0.25, 0.3) is 0 Å².